The number of hydrogen-bond acceptors (Lipinski definition) is 2. The van der Waals surface area contributed by atoms with E-state index >= 15 is 0 Å². The molecule has 1 saturated heterocycles. The highest BCUT2D eigenvalue weighted by Gasteiger charge is 2.22. The van der Waals surface area contributed by atoms with E-state index in [2.05, 4.69) is 40.3 Å². The van der Waals surface area contributed by atoms with E-state index in [-0.39, 0.29) is 12.0 Å². The van der Waals surface area contributed by atoms with Crippen molar-refractivity contribution in [3.05, 3.63) is 33.8 Å². The Morgan fingerprint density at radius 3 is 3.11 bits per heavy atom. The van der Waals surface area contributed by atoms with Crippen molar-refractivity contribution in [2.75, 3.05) is 13.2 Å². The number of aryl methyl sites for hydroxylation is 1. The molecule has 1 fully saturated rings. The molecule has 0 radical (unpaired) electrons. The largest absolute Gasteiger partial charge is 0.368 e. The van der Waals surface area contributed by atoms with Crippen LogP contribution in [0.25, 0.3) is 0 Å². The molecule has 4 heteroatoms. The number of rotatable bonds is 4. The summed E-state index contributed by atoms with van der Waals surface area (Å²) in [6.07, 6.45) is 2.46. The maximum atomic E-state index is 11.7. The lowest BCUT2D eigenvalue weighted by molar-refractivity contribution is -0.129. The Kier molecular flexibility index (Phi) is 4.78. The molecule has 1 unspecified atom stereocenters. The third-order valence-corrected chi connectivity index (χ3v) is 3.72. The highest BCUT2D eigenvalue weighted by Crippen LogP contribution is 2.16. The molecule has 0 saturated carbocycles. The number of halogens is 1. The molecule has 1 amide bonds. The molecular formula is C14H18BrNO2. The van der Waals surface area contributed by atoms with Crippen molar-refractivity contribution in [2.45, 2.75) is 32.3 Å². The minimum atomic E-state index is -0.228. The van der Waals surface area contributed by atoms with Crippen LogP contribution >= 0.6 is 15.9 Å². The van der Waals surface area contributed by atoms with Crippen molar-refractivity contribution >= 4 is 21.8 Å². The fourth-order valence-corrected chi connectivity index (χ4v) is 2.54. The Balaban J connectivity index is 1.81. The summed E-state index contributed by atoms with van der Waals surface area (Å²) < 4.78 is 6.42. The predicted octanol–water partition coefficient (Wildman–Crippen LogP) is 2.60. The van der Waals surface area contributed by atoms with Gasteiger partial charge in [0.2, 0.25) is 5.91 Å². The van der Waals surface area contributed by atoms with Crippen LogP contribution in [0.2, 0.25) is 0 Å². The molecule has 1 aromatic carbocycles. The van der Waals surface area contributed by atoms with Crippen molar-refractivity contribution in [1.82, 2.24) is 5.32 Å². The number of ether oxygens (including phenoxy) is 1. The number of hydrogen-bond donors (Lipinski definition) is 1. The number of nitrogens with one attached hydrogen (secondary N) is 1. The van der Waals surface area contributed by atoms with Gasteiger partial charge in [-0.1, -0.05) is 22.0 Å². The molecule has 3 nitrogen and oxygen atoms in total. The van der Waals surface area contributed by atoms with E-state index in [1.807, 2.05) is 6.07 Å². The van der Waals surface area contributed by atoms with E-state index in [4.69, 9.17) is 4.74 Å². The van der Waals surface area contributed by atoms with Crippen molar-refractivity contribution in [3.8, 4) is 0 Å². The van der Waals surface area contributed by atoms with Crippen LogP contribution in [-0.2, 0) is 16.0 Å². The van der Waals surface area contributed by atoms with Gasteiger partial charge >= 0.3 is 0 Å². The summed E-state index contributed by atoms with van der Waals surface area (Å²) in [7, 11) is 0. The smallest absolute Gasteiger partial charge is 0.249 e. The lowest BCUT2D eigenvalue weighted by Gasteiger charge is -2.11. The van der Waals surface area contributed by atoms with Crippen LogP contribution < -0.4 is 5.32 Å². The summed E-state index contributed by atoms with van der Waals surface area (Å²) >= 11 is 3.46. The van der Waals surface area contributed by atoms with Crippen LogP contribution in [0.3, 0.4) is 0 Å². The van der Waals surface area contributed by atoms with Crippen molar-refractivity contribution in [1.29, 1.82) is 0 Å². The average molecular weight is 312 g/mol. The predicted molar refractivity (Wildman–Crippen MR) is 74.6 cm³/mol. The molecule has 1 atom stereocenters. The second-order valence-corrected chi connectivity index (χ2v) is 5.53. The topological polar surface area (TPSA) is 38.3 Å². The maximum Gasteiger partial charge on any atom is 0.249 e. The standard InChI is InChI=1S/C14H18BrNO2/c1-10-4-5-12(15)9-11(10)6-7-16-14(17)13-3-2-8-18-13/h4-5,9,13H,2-3,6-8H2,1H3,(H,16,17). The first-order chi connectivity index (χ1) is 8.66. The van der Waals surface area contributed by atoms with Crippen LogP contribution in [0.5, 0.6) is 0 Å². The first-order valence-electron chi connectivity index (χ1n) is 6.31. The molecular weight excluding hydrogens is 294 g/mol. The van der Waals surface area contributed by atoms with E-state index in [1.165, 1.54) is 11.1 Å². The van der Waals surface area contributed by atoms with Crippen molar-refractivity contribution in [3.63, 3.8) is 0 Å². The van der Waals surface area contributed by atoms with Crippen LogP contribution in [0.4, 0.5) is 0 Å². The summed E-state index contributed by atoms with van der Waals surface area (Å²) in [6.45, 7) is 3.46. The highest BCUT2D eigenvalue weighted by molar-refractivity contribution is 9.10. The number of amides is 1. The normalized spacial score (nSPS) is 18.9. The van der Waals surface area contributed by atoms with Gasteiger partial charge in [-0.3, -0.25) is 4.79 Å². The van der Waals surface area contributed by atoms with Crippen LogP contribution in [0.15, 0.2) is 22.7 Å². The second kappa shape index (κ2) is 6.34. The SMILES string of the molecule is Cc1ccc(Br)cc1CCNC(=O)C1CCCO1. The summed E-state index contributed by atoms with van der Waals surface area (Å²) in [5, 5.41) is 2.94. The van der Waals surface area contributed by atoms with E-state index in [0.29, 0.717) is 13.2 Å². The molecule has 98 valence electrons. The minimum Gasteiger partial charge on any atom is -0.368 e. The zero-order chi connectivity index (χ0) is 13.0. The summed E-state index contributed by atoms with van der Waals surface area (Å²) in [5.41, 5.74) is 2.52. The fraction of sp³-hybridized carbons (Fsp3) is 0.500. The molecule has 2 rings (SSSR count). The van der Waals surface area contributed by atoms with Gasteiger partial charge < -0.3 is 10.1 Å². The van der Waals surface area contributed by atoms with Gasteiger partial charge in [-0.25, -0.2) is 0 Å². The third kappa shape index (κ3) is 3.56. The minimum absolute atomic E-state index is 0.0279. The van der Waals surface area contributed by atoms with Crippen LogP contribution in [0.1, 0.15) is 24.0 Å². The summed E-state index contributed by atoms with van der Waals surface area (Å²) in [5.74, 6) is 0.0279. The Morgan fingerprint density at radius 2 is 2.39 bits per heavy atom. The molecule has 1 N–H and O–H groups in total. The Hall–Kier alpha value is -0.870. The number of carbonyl (C=O) groups excluding carboxylic acids is 1. The Morgan fingerprint density at radius 1 is 1.56 bits per heavy atom. The fourth-order valence-electron chi connectivity index (χ4n) is 2.13. The molecule has 0 spiro atoms. The monoisotopic (exact) mass is 311 g/mol. The van der Waals surface area contributed by atoms with Gasteiger partial charge in [0.15, 0.2) is 0 Å². The molecule has 0 aromatic heterocycles. The van der Waals surface area contributed by atoms with Gasteiger partial charge in [-0.15, -0.1) is 0 Å². The van der Waals surface area contributed by atoms with Gasteiger partial charge in [0.05, 0.1) is 0 Å². The van der Waals surface area contributed by atoms with Gasteiger partial charge in [-0.2, -0.15) is 0 Å². The lowest BCUT2D eigenvalue weighted by atomic mass is 10.1. The average Bonchev–Trinajstić information content (AvgIpc) is 2.87. The number of carbonyl (C=O) groups is 1. The van der Waals surface area contributed by atoms with Gasteiger partial charge in [0.1, 0.15) is 6.10 Å². The van der Waals surface area contributed by atoms with Crippen molar-refractivity contribution < 1.29 is 9.53 Å². The summed E-state index contributed by atoms with van der Waals surface area (Å²) in [4.78, 5) is 11.7. The Labute approximate surface area is 116 Å². The second-order valence-electron chi connectivity index (χ2n) is 4.61. The number of benzene rings is 1. The molecule has 1 aromatic rings. The van der Waals surface area contributed by atoms with Gasteiger partial charge in [0, 0.05) is 17.6 Å². The lowest BCUT2D eigenvalue weighted by Crippen LogP contribution is -2.35. The molecule has 0 aliphatic carbocycles. The maximum absolute atomic E-state index is 11.7. The zero-order valence-corrected chi connectivity index (χ0v) is 12.1. The summed E-state index contributed by atoms with van der Waals surface area (Å²) in [6, 6.07) is 6.22. The molecule has 0 bridgehead atoms. The zero-order valence-electron chi connectivity index (χ0n) is 10.5. The van der Waals surface area contributed by atoms with Crippen LogP contribution in [-0.4, -0.2) is 25.2 Å². The van der Waals surface area contributed by atoms with E-state index in [1.54, 1.807) is 0 Å². The molecule has 1 aliphatic rings. The highest BCUT2D eigenvalue weighted by atomic mass is 79.9. The molecule has 1 aliphatic heterocycles. The Bertz CT molecular complexity index is 428. The van der Waals surface area contributed by atoms with E-state index < -0.39 is 0 Å². The first kappa shape index (κ1) is 13.6. The third-order valence-electron chi connectivity index (χ3n) is 3.23. The quantitative estimate of drug-likeness (QED) is 0.928. The molecule has 1 heterocycles. The van der Waals surface area contributed by atoms with Crippen LogP contribution in [0, 0.1) is 6.92 Å². The molecule has 18 heavy (non-hydrogen) atoms. The van der Waals surface area contributed by atoms with Gasteiger partial charge in [-0.05, 0) is 49.4 Å². The van der Waals surface area contributed by atoms with Gasteiger partial charge in [0.25, 0.3) is 0 Å². The van der Waals surface area contributed by atoms with E-state index in [0.717, 1.165) is 23.7 Å². The van der Waals surface area contributed by atoms with E-state index in [9.17, 15) is 4.79 Å². The first-order valence-corrected chi connectivity index (χ1v) is 7.10. The van der Waals surface area contributed by atoms with Crippen molar-refractivity contribution in [2.24, 2.45) is 0 Å².